The molecule has 0 saturated carbocycles. The van der Waals surface area contributed by atoms with E-state index < -0.39 is 0 Å². The van der Waals surface area contributed by atoms with E-state index in [1.165, 1.54) is 0 Å². The molecule has 1 aromatic rings. The van der Waals surface area contributed by atoms with Crippen molar-refractivity contribution in [2.24, 2.45) is 0 Å². The molecule has 0 aromatic carbocycles. The van der Waals surface area contributed by atoms with Crippen molar-refractivity contribution in [1.29, 1.82) is 0 Å². The normalized spacial score (nSPS) is 17.8. The highest BCUT2D eigenvalue weighted by molar-refractivity contribution is 5.95. The Morgan fingerprint density at radius 3 is 2.52 bits per heavy atom. The minimum Gasteiger partial charge on any atom is -0.384 e. The van der Waals surface area contributed by atoms with Gasteiger partial charge in [-0.1, -0.05) is 13.8 Å². The van der Waals surface area contributed by atoms with Crippen LogP contribution in [0.1, 0.15) is 43.2 Å². The standard InChI is InChI=1S/C16H26N4O/c1-4-12(3)19-6-8-20(9-7-19)16(21)13-10-14(5-2)18-15(17)11-13/h10-12H,4-9H2,1-3H3,(H2,17,18). The van der Waals surface area contributed by atoms with E-state index in [-0.39, 0.29) is 5.91 Å². The fourth-order valence-corrected chi connectivity index (χ4v) is 2.72. The topological polar surface area (TPSA) is 62.5 Å². The van der Waals surface area contributed by atoms with Crippen molar-refractivity contribution >= 4 is 11.7 Å². The van der Waals surface area contributed by atoms with Gasteiger partial charge in [0.1, 0.15) is 5.82 Å². The first-order valence-electron chi connectivity index (χ1n) is 7.84. The lowest BCUT2D eigenvalue weighted by molar-refractivity contribution is 0.0579. The first-order chi connectivity index (χ1) is 10.0. The zero-order chi connectivity index (χ0) is 15.4. The number of nitrogens with two attached hydrogens (primary N) is 1. The molecule has 116 valence electrons. The number of hydrogen-bond donors (Lipinski definition) is 1. The van der Waals surface area contributed by atoms with Crippen molar-refractivity contribution in [3.8, 4) is 0 Å². The molecule has 21 heavy (non-hydrogen) atoms. The predicted octanol–water partition coefficient (Wildman–Crippen LogP) is 1.78. The lowest BCUT2D eigenvalue weighted by atomic mass is 10.1. The smallest absolute Gasteiger partial charge is 0.254 e. The Kier molecular flexibility index (Phi) is 5.17. The van der Waals surface area contributed by atoms with Crippen LogP contribution in [0.3, 0.4) is 0 Å². The van der Waals surface area contributed by atoms with Crippen LogP contribution in [0.4, 0.5) is 5.82 Å². The second-order valence-electron chi connectivity index (χ2n) is 5.71. The van der Waals surface area contributed by atoms with E-state index in [4.69, 9.17) is 5.73 Å². The molecule has 1 aliphatic heterocycles. The molecule has 5 nitrogen and oxygen atoms in total. The van der Waals surface area contributed by atoms with Crippen LogP contribution in [0.5, 0.6) is 0 Å². The van der Waals surface area contributed by atoms with Gasteiger partial charge in [-0.25, -0.2) is 4.98 Å². The van der Waals surface area contributed by atoms with Gasteiger partial charge in [-0.3, -0.25) is 9.69 Å². The number of anilines is 1. The van der Waals surface area contributed by atoms with Crippen molar-refractivity contribution < 1.29 is 4.79 Å². The zero-order valence-electron chi connectivity index (χ0n) is 13.3. The SMILES string of the molecule is CCc1cc(C(=O)N2CCN(C(C)CC)CC2)cc(N)n1. The summed E-state index contributed by atoms with van der Waals surface area (Å²) < 4.78 is 0. The average Bonchev–Trinajstić information content (AvgIpc) is 2.52. The Morgan fingerprint density at radius 2 is 1.95 bits per heavy atom. The number of amides is 1. The molecule has 2 heterocycles. The number of piperazine rings is 1. The summed E-state index contributed by atoms with van der Waals surface area (Å²) >= 11 is 0. The summed E-state index contributed by atoms with van der Waals surface area (Å²) in [7, 11) is 0. The summed E-state index contributed by atoms with van der Waals surface area (Å²) in [5.74, 6) is 0.499. The minimum atomic E-state index is 0.0719. The predicted molar refractivity (Wildman–Crippen MR) is 85.3 cm³/mol. The summed E-state index contributed by atoms with van der Waals surface area (Å²) in [6.45, 7) is 9.92. The molecule has 1 aliphatic rings. The number of nitrogens with zero attached hydrogens (tertiary/aromatic N) is 3. The zero-order valence-corrected chi connectivity index (χ0v) is 13.3. The summed E-state index contributed by atoms with van der Waals surface area (Å²) in [5.41, 5.74) is 7.33. The fraction of sp³-hybridized carbons (Fsp3) is 0.625. The Morgan fingerprint density at radius 1 is 1.29 bits per heavy atom. The van der Waals surface area contributed by atoms with Gasteiger partial charge >= 0.3 is 0 Å². The summed E-state index contributed by atoms with van der Waals surface area (Å²) in [4.78, 5) is 21.2. The third-order valence-corrected chi connectivity index (χ3v) is 4.32. The van der Waals surface area contributed by atoms with Crippen molar-refractivity contribution in [1.82, 2.24) is 14.8 Å². The van der Waals surface area contributed by atoms with Gasteiger partial charge in [0.2, 0.25) is 0 Å². The van der Waals surface area contributed by atoms with Crippen LogP contribution in [0.15, 0.2) is 12.1 Å². The van der Waals surface area contributed by atoms with Gasteiger partial charge in [-0.2, -0.15) is 0 Å². The molecular weight excluding hydrogens is 264 g/mol. The number of carbonyl (C=O) groups is 1. The second-order valence-corrected chi connectivity index (χ2v) is 5.71. The molecule has 2 N–H and O–H groups in total. The van der Waals surface area contributed by atoms with Crippen LogP contribution < -0.4 is 5.73 Å². The third-order valence-electron chi connectivity index (χ3n) is 4.32. The molecule has 1 saturated heterocycles. The molecule has 1 fully saturated rings. The number of hydrogen-bond acceptors (Lipinski definition) is 4. The van der Waals surface area contributed by atoms with E-state index in [2.05, 4.69) is 23.7 Å². The van der Waals surface area contributed by atoms with E-state index in [1.54, 1.807) is 6.07 Å². The summed E-state index contributed by atoms with van der Waals surface area (Å²) in [6.07, 6.45) is 1.93. The largest absolute Gasteiger partial charge is 0.384 e. The van der Waals surface area contributed by atoms with E-state index in [9.17, 15) is 4.79 Å². The molecule has 1 aromatic heterocycles. The minimum absolute atomic E-state index is 0.0719. The van der Waals surface area contributed by atoms with E-state index in [0.717, 1.165) is 44.7 Å². The molecule has 1 amide bonds. The van der Waals surface area contributed by atoms with Gasteiger partial charge in [-0.05, 0) is 31.9 Å². The van der Waals surface area contributed by atoms with Crippen LogP contribution in [0.25, 0.3) is 0 Å². The Balaban J connectivity index is 2.03. The monoisotopic (exact) mass is 290 g/mol. The van der Waals surface area contributed by atoms with Gasteiger partial charge in [0.25, 0.3) is 5.91 Å². The first kappa shape index (κ1) is 15.8. The van der Waals surface area contributed by atoms with Crippen molar-refractivity contribution in [3.05, 3.63) is 23.4 Å². The van der Waals surface area contributed by atoms with Gasteiger partial charge in [0, 0.05) is 43.5 Å². The molecule has 2 rings (SSSR count). The van der Waals surface area contributed by atoms with E-state index in [1.807, 2.05) is 17.9 Å². The van der Waals surface area contributed by atoms with Crippen LogP contribution in [-0.2, 0) is 6.42 Å². The number of nitrogen functional groups attached to an aromatic ring is 1. The molecule has 0 spiro atoms. The highest BCUT2D eigenvalue weighted by Gasteiger charge is 2.24. The Labute approximate surface area is 127 Å². The lowest BCUT2D eigenvalue weighted by Gasteiger charge is -2.37. The molecule has 1 atom stereocenters. The van der Waals surface area contributed by atoms with E-state index in [0.29, 0.717) is 17.4 Å². The number of carbonyl (C=O) groups excluding carboxylic acids is 1. The van der Waals surface area contributed by atoms with Gasteiger partial charge in [0.15, 0.2) is 0 Å². The molecule has 0 bridgehead atoms. The van der Waals surface area contributed by atoms with Crippen LogP contribution in [0.2, 0.25) is 0 Å². The molecule has 0 radical (unpaired) electrons. The number of rotatable bonds is 4. The average molecular weight is 290 g/mol. The number of aryl methyl sites for hydroxylation is 1. The molecule has 5 heteroatoms. The highest BCUT2D eigenvalue weighted by Crippen LogP contribution is 2.14. The van der Waals surface area contributed by atoms with Gasteiger partial charge in [0.05, 0.1) is 0 Å². The quantitative estimate of drug-likeness (QED) is 0.918. The van der Waals surface area contributed by atoms with Crippen molar-refractivity contribution in [2.45, 2.75) is 39.7 Å². The van der Waals surface area contributed by atoms with Crippen molar-refractivity contribution in [3.63, 3.8) is 0 Å². The third kappa shape index (κ3) is 3.73. The summed E-state index contributed by atoms with van der Waals surface area (Å²) in [5, 5.41) is 0. The van der Waals surface area contributed by atoms with Gasteiger partial charge < -0.3 is 10.6 Å². The second kappa shape index (κ2) is 6.89. The van der Waals surface area contributed by atoms with Gasteiger partial charge in [-0.15, -0.1) is 0 Å². The maximum atomic E-state index is 12.6. The highest BCUT2D eigenvalue weighted by atomic mass is 16.2. The fourth-order valence-electron chi connectivity index (χ4n) is 2.72. The van der Waals surface area contributed by atoms with Crippen LogP contribution >= 0.6 is 0 Å². The molecule has 1 unspecified atom stereocenters. The van der Waals surface area contributed by atoms with Crippen LogP contribution in [-0.4, -0.2) is 52.9 Å². The number of pyridine rings is 1. The van der Waals surface area contributed by atoms with Crippen molar-refractivity contribution in [2.75, 3.05) is 31.9 Å². The lowest BCUT2D eigenvalue weighted by Crippen LogP contribution is -2.51. The van der Waals surface area contributed by atoms with Crippen LogP contribution in [0, 0.1) is 0 Å². The number of aromatic nitrogens is 1. The van der Waals surface area contributed by atoms with E-state index >= 15 is 0 Å². The Hall–Kier alpha value is -1.62. The maximum Gasteiger partial charge on any atom is 0.254 e. The maximum absolute atomic E-state index is 12.6. The molecule has 0 aliphatic carbocycles. The first-order valence-corrected chi connectivity index (χ1v) is 7.84. The summed E-state index contributed by atoms with van der Waals surface area (Å²) in [6, 6.07) is 4.13. The molecular formula is C16H26N4O. The Bertz CT molecular complexity index is 495.